The van der Waals surface area contributed by atoms with Crippen molar-refractivity contribution in [2.45, 2.75) is 208 Å². The zero-order chi connectivity index (χ0) is 37.4. The fourth-order valence-corrected chi connectivity index (χ4v) is 6.41. The molecule has 0 aliphatic carbocycles. The molecule has 0 saturated carbocycles. The van der Waals surface area contributed by atoms with Crippen LogP contribution in [-0.2, 0) is 23.8 Å². The lowest BCUT2D eigenvalue weighted by Gasteiger charge is -2.19. The standard InChI is InChI=1S/C43H85NO6/c1-36(2)22-19-24-38(5)31-34-48-41(45)28-17-13-9-11-15-26-40(50-43(47)30-21-33-44(7)8)27-16-12-10-14-18-29-42(46)49-35-32-39(6)25-20-23-37(3)4/h36-41,45H,9-35H2,1-8H3. The predicted octanol–water partition coefficient (Wildman–Crippen LogP) is 11.3. The Morgan fingerprint density at radius 3 is 1.54 bits per heavy atom. The molecular formula is C43H85NO6. The number of unbranched alkanes of at least 4 members (excludes halogenated alkanes) is 8. The molecule has 4 atom stereocenters. The number of aliphatic hydroxyl groups excluding tert-OH is 1. The van der Waals surface area contributed by atoms with Crippen molar-refractivity contribution in [1.82, 2.24) is 4.90 Å². The van der Waals surface area contributed by atoms with Crippen LogP contribution >= 0.6 is 0 Å². The van der Waals surface area contributed by atoms with Crippen LogP contribution in [0.1, 0.15) is 196 Å². The van der Waals surface area contributed by atoms with Gasteiger partial charge in [0.2, 0.25) is 0 Å². The zero-order valence-electron chi connectivity index (χ0n) is 34.5. The van der Waals surface area contributed by atoms with Crippen LogP contribution in [0, 0.1) is 23.7 Å². The molecule has 298 valence electrons. The molecule has 0 aliphatic heterocycles. The van der Waals surface area contributed by atoms with Gasteiger partial charge in [0.25, 0.3) is 0 Å². The monoisotopic (exact) mass is 712 g/mol. The topological polar surface area (TPSA) is 85.3 Å². The van der Waals surface area contributed by atoms with Crippen LogP contribution in [0.15, 0.2) is 0 Å². The smallest absolute Gasteiger partial charge is 0.306 e. The molecule has 1 N–H and O–H groups in total. The van der Waals surface area contributed by atoms with Gasteiger partial charge in [0.1, 0.15) is 6.10 Å². The van der Waals surface area contributed by atoms with E-state index >= 15 is 0 Å². The van der Waals surface area contributed by atoms with Crippen LogP contribution in [0.4, 0.5) is 0 Å². The first-order valence-corrected chi connectivity index (χ1v) is 21.2. The molecule has 0 bridgehead atoms. The minimum atomic E-state index is -0.647. The Kier molecular flexibility index (Phi) is 32.8. The lowest BCUT2D eigenvalue weighted by molar-refractivity contribution is -0.150. The zero-order valence-corrected chi connectivity index (χ0v) is 34.5. The Bertz CT molecular complexity index is 772. The molecule has 7 heteroatoms. The van der Waals surface area contributed by atoms with E-state index in [9.17, 15) is 14.7 Å². The van der Waals surface area contributed by atoms with E-state index < -0.39 is 6.29 Å². The van der Waals surface area contributed by atoms with Crippen LogP contribution in [0.2, 0.25) is 0 Å². The summed E-state index contributed by atoms with van der Waals surface area (Å²) in [5, 5.41) is 10.2. The number of ether oxygens (including phenoxy) is 3. The van der Waals surface area contributed by atoms with E-state index in [4.69, 9.17) is 14.2 Å². The maximum atomic E-state index is 12.6. The number of nitrogens with zero attached hydrogens (tertiary/aromatic N) is 1. The summed E-state index contributed by atoms with van der Waals surface area (Å²) >= 11 is 0. The van der Waals surface area contributed by atoms with Gasteiger partial charge in [-0.15, -0.1) is 0 Å². The first kappa shape index (κ1) is 48.8. The van der Waals surface area contributed by atoms with Crippen molar-refractivity contribution < 1.29 is 28.9 Å². The fourth-order valence-electron chi connectivity index (χ4n) is 6.41. The first-order valence-electron chi connectivity index (χ1n) is 21.2. The SMILES string of the molecule is CC(C)CCCC(C)CCOC(=O)CCCCCCCC(CCCCCCCC(O)OCCC(C)CCCC(C)C)OC(=O)CCCN(C)C. The summed E-state index contributed by atoms with van der Waals surface area (Å²) in [5.41, 5.74) is 0. The number of carbonyl (C=O) groups is 2. The lowest BCUT2D eigenvalue weighted by atomic mass is 9.98. The summed E-state index contributed by atoms with van der Waals surface area (Å²) in [6.45, 7) is 15.7. The number of carbonyl (C=O) groups excluding carboxylic acids is 2. The summed E-state index contributed by atoms with van der Waals surface area (Å²) in [4.78, 5) is 26.8. The molecular weight excluding hydrogens is 626 g/mol. The quantitative estimate of drug-likeness (QED) is 0.0393. The Balaban J connectivity index is 4.15. The van der Waals surface area contributed by atoms with E-state index in [-0.39, 0.29) is 18.0 Å². The van der Waals surface area contributed by atoms with E-state index in [0.717, 1.165) is 115 Å². The van der Waals surface area contributed by atoms with Crippen molar-refractivity contribution >= 4 is 11.9 Å². The molecule has 0 rings (SSSR count). The minimum Gasteiger partial charge on any atom is -0.466 e. The summed E-state index contributed by atoms with van der Waals surface area (Å²) in [7, 11) is 4.05. The second kappa shape index (κ2) is 33.6. The predicted molar refractivity (Wildman–Crippen MR) is 210 cm³/mol. The molecule has 0 aromatic heterocycles. The maximum absolute atomic E-state index is 12.6. The van der Waals surface area contributed by atoms with Gasteiger partial charge in [-0.05, 0) is 109 Å². The molecule has 0 fully saturated rings. The van der Waals surface area contributed by atoms with E-state index in [1.54, 1.807) is 0 Å². The van der Waals surface area contributed by atoms with Gasteiger partial charge in [-0.1, -0.05) is 119 Å². The van der Waals surface area contributed by atoms with Crippen LogP contribution in [0.3, 0.4) is 0 Å². The summed E-state index contributed by atoms with van der Waals surface area (Å²) in [6.07, 6.45) is 23.8. The molecule has 0 aliphatic rings. The van der Waals surface area contributed by atoms with Gasteiger partial charge in [0.15, 0.2) is 6.29 Å². The van der Waals surface area contributed by atoms with E-state index in [1.165, 1.54) is 38.5 Å². The van der Waals surface area contributed by atoms with E-state index in [0.29, 0.717) is 44.3 Å². The highest BCUT2D eigenvalue weighted by molar-refractivity contribution is 5.69. The van der Waals surface area contributed by atoms with Gasteiger partial charge >= 0.3 is 11.9 Å². The second-order valence-corrected chi connectivity index (χ2v) is 16.7. The van der Waals surface area contributed by atoms with Crippen molar-refractivity contribution in [2.75, 3.05) is 33.9 Å². The van der Waals surface area contributed by atoms with Crippen molar-refractivity contribution in [2.24, 2.45) is 23.7 Å². The Hall–Kier alpha value is -1.18. The van der Waals surface area contributed by atoms with E-state index in [2.05, 4.69) is 46.4 Å². The van der Waals surface area contributed by atoms with Gasteiger partial charge in [-0.2, -0.15) is 0 Å². The third kappa shape index (κ3) is 35.2. The Labute approximate surface area is 310 Å². The van der Waals surface area contributed by atoms with Crippen LogP contribution in [0.5, 0.6) is 0 Å². The highest BCUT2D eigenvalue weighted by Gasteiger charge is 2.15. The van der Waals surface area contributed by atoms with Crippen molar-refractivity contribution in [3.05, 3.63) is 0 Å². The molecule has 0 amide bonds. The largest absolute Gasteiger partial charge is 0.466 e. The Morgan fingerprint density at radius 1 is 0.520 bits per heavy atom. The van der Waals surface area contributed by atoms with Crippen molar-refractivity contribution in [3.63, 3.8) is 0 Å². The van der Waals surface area contributed by atoms with Gasteiger partial charge < -0.3 is 24.2 Å². The fraction of sp³-hybridized carbons (Fsp3) is 0.953. The molecule has 0 saturated heterocycles. The minimum absolute atomic E-state index is 0.00687. The normalized spacial score (nSPS) is 14.3. The highest BCUT2D eigenvalue weighted by atomic mass is 16.6. The van der Waals surface area contributed by atoms with Crippen molar-refractivity contribution in [1.29, 1.82) is 0 Å². The number of hydrogen-bond donors (Lipinski definition) is 1. The van der Waals surface area contributed by atoms with E-state index in [1.807, 2.05) is 14.1 Å². The average molecular weight is 712 g/mol. The summed E-state index contributed by atoms with van der Waals surface area (Å²) in [5.74, 6) is 2.66. The van der Waals surface area contributed by atoms with Gasteiger partial charge in [-0.25, -0.2) is 0 Å². The lowest BCUT2D eigenvalue weighted by Crippen LogP contribution is -2.20. The molecule has 50 heavy (non-hydrogen) atoms. The third-order valence-electron chi connectivity index (χ3n) is 9.92. The van der Waals surface area contributed by atoms with Gasteiger partial charge in [0, 0.05) is 19.4 Å². The number of esters is 2. The first-order chi connectivity index (χ1) is 23.9. The number of aliphatic hydroxyl groups is 1. The molecule has 0 heterocycles. The van der Waals surface area contributed by atoms with Crippen LogP contribution < -0.4 is 0 Å². The Morgan fingerprint density at radius 2 is 1.00 bits per heavy atom. The molecule has 7 nitrogen and oxygen atoms in total. The average Bonchev–Trinajstić information content (AvgIpc) is 3.03. The molecule has 0 radical (unpaired) electrons. The molecule has 4 unspecified atom stereocenters. The molecule has 0 aromatic rings. The third-order valence-corrected chi connectivity index (χ3v) is 9.92. The summed E-state index contributed by atoms with van der Waals surface area (Å²) < 4.78 is 17.1. The van der Waals surface area contributed by atoms with Gasteiger partial charge in [-0.3, -0.25) is 9.59 Å². The maximum Gasteiger partial charge on any atom is 0.306 e. The van der Waals surface area contributed by atoms with Gasteiger partial charge in [0.05, 0.1) is 6.61 Å². The van der Waals surface area contributed by atoms with Crippen LogP contribution in [0.25, 0.3) is 0 Å². The molecule has 0 aromatic carbocycles. The summed E-state index contributed by atoms with van der Waals surface area (Å²) in [6, 6.07) is 0. The molecule has 0 spiro atoms. The number of hydrogen-bond acceptors (Lipinski definition) is 7. The highest BCUT2D eigenvalue weighted by Crippen LogP contribution is 2.20. The van der Waals surface area contributed by atoms with Crippen molar-refractivity contribution in [3.8, 4) is 0 Å². The number of rotatable bonds is 36. The van der Waals surface area contributed by atoms with Crippen LogP contribution in [-0.4, -0.2) is 68.2 Å². The second-order valence-electron chi connectivity index (χ2n) is 16.7.